The number of nitrogens with one attached hydrogen (secondary N) is 1. The van der Waals surface area contributed by atoms with Gasteiger partial charge in [0.15, 0.2) is 0 Å². The van der Waals surface area contributed by atoms with Crippen LogP contribution in [0, 0.1) is 0 Å². The third-order valence-corrected chi connectivity index (χ3v) is 8.19. The first-order valence-electron chi connectivity index (χ1n) is 12.5. The van der Waals surface area contributed by atoms with Crippen LogP contribution in [-0.4, -0.2) is 36.5 Å². The first-order chi connectivity index (χ1) is 16.2. The summed E-state index contributed by atoms with van der Waals surface area (Å²) in [5.74, 6) is 0.743. The second-order valence-electron chi connectivity index (χ2n) is 10.1. The first kappa shape index (κ1) is 20.7. The second-order valence-corrected chi connectivity index (χ2v) is 10.1. The van der Waals surface area contributed by atoms with Crippen molar-refractivity contribution in [1.82, 2.24) is 10.2 Å². The molecule has 1 fully saturated rings. The molecule has 0 unspecified atom stereocenters. The zero-order valence-electron chi connectivity index (χ0n) is 19.2. The average Bonchev–Trinajstić information content (AvgIpc) is 3.37. The van der Waals surface area contributed by atoms with Gasteiger partial charge in [-0.1, -0.05) is 78.9 Å². The summed E-state index contributed by atoms with van der Waals surface area (Å²) >= 11 is 0. The molecular formula is C30H32N2O. The van der Waals surface area contributed by atoms with Gasteiger partial charge in [-0.3, -0.25) is 4.79 Å². The molecule has 3 heteroatoms. The number of benzene rings is 3. The van der Waals surface area contributed by atoms with Crippen LogP contribution in [0.3, 0.4) is 0 Å². The fourth-order valence-corrected chi connectivity index (χ4v) is 6.63. The van der Waals surface area contributed by atoms with Gasteiger partial charge >= 0.3 is 0 Å². The maximum absolute atomic E-state index is 12.5. The maximum Gasteiger partial charge on any atom is 0.220 e. The number of fused-ring (bicyclic) bond motifs is 8. The summed E-state index contributed by atoms with van der Waals surface area (Å²) < 4.78 is 0. The first-order valence-corrected chi connectivity index (χ1v) is 12.5. The Balaban J connectivity index is 1.09. The van der Waals surface area contributed by atoms with Gasteiger partial charge < -0.3 is 10.2 Å². The molecule has 0 atom stereocenters. The summed E-state index contributed by atoms with van der Waals surface area (Å²) in [5.41, 5.74) is 7.53. The number of hydrogen-bond donors (Lipinski definition) is 1. The SMILES string of the molecule is O=C(CCc1ccccc1)NC1CCN(CC23CC(c4ccccc42)c2ccccc23)CC1. The summed E-state index contributed by atoms with van der Waals surface area (Å²) in [6.45, 7) is 3.20. The molecule has 3 aromatic carbocycles. The lowest BCUT2D eigenvalue weighted by Gasteiger charge is -2.40. The number of carbonyl (C=O) groups is 1. The number of amides is 1. The van der Waals surface area contributed by atoms with Crippen LogP contribution < -0.4 is 5.32 Å². The molecule has 0 aromatic heterocycles. The Morgan fingerprint density at radius 3 is 2.12 bits per heavy atom. The molecule has 1 heterocycles. The van der Waals surface area contributed by atoms with Crippen molar-refractivity contribution >= 4 is 5.91 Å². The van der Waals surface area contributed by atoms with E-state index in [-0.39, 0.29) is 11.3 Å². The van der Waals surface area contributed by atoms with Crippen molar-refractivity contribution in [1.29, 1.82) is 0 Å². The molecule has 0 radical (unpaired) electrons. The van der Waals surface area contributed by atoms with Crippen LogP contribution in [0.2, 0.25) is 0 Å². The van der Waals surface area contributed by atoms with Gasteiger partial charge in [0.2, 0.25) is 5.91 Å². The number of rotatable bonds is 6. The van der Waals surface area contributed by atoms with Crippen LogP contribution in [-0.2, 0) is 16.6 Å². The molecule has 3 aliphatic rings. The van der Waals surface area contributed by atoms with Gasteiger partial charge in [-0.2, -0.15) is 0 Å². The number of nitrogens with zero attached hydrogens (tertiary/aromatic N) is 1. The van der Waals surface area contributed by atoms with E-state index in [9.17, 15) is 4.79 Å². The van der Waals surface area contributed by atoms with E-state index < -0.39 is 0 Å². The molecule has 1 amide bonds. The molecule has 0 spiro atoms. The predicted molar refractivity (Wildman–Crippen MR) is 132 cm³/mol. The molecule has 6 rings (SSSR count). The second kappa shape index (κ2) is 8.46. The number of hydrogen-bond acceptors (Lipinski definition) is 2. The standard InChI is InChI=1S/C30H32N2O/c33-29(15-14-22-8-2-1-3-9-22)31-23-16-18-32(19-17-23)21-30-20-26(24-10-4-6-12-27(24)30)25-11-5-7-13-28(25)30/h1-13,23,26H,14-21H2,(H,31,33). The molecule has 3 nitrogen and oxygen atoms in total. The molecule has 2 bridgehead atoms. The maximum atomic E-state index is 12.5. The average molecular weight is 437 g/mol. The molecule has 33 heavy (non-hydrogen) atoms. The third kappa shape index (κ3) is 3.69. The molecular weight excluding hydrogens is 404 g/mol. The van der Waals surface area contributed by atoms with Gasteiger partial charge in [0, 0.05) is 43.4 Å². The number of likely N-dealkylation sites (tertiary alicyclic amines) is 1. The van der Waals surface area contributed by atoms with Gasteiger partial charge in [0.05, 0.1) is 0 Å². The van der Waals surface area contributed by atoms with Crippen molar-refractivity contribution in [2.75, 3.05) is 19.6 Å². The van der Waals surface area contributed by atoms with Gasteiger partial charge in [-0.25, -0.2) is 0 Å². The lowest BCUT2D eigenvalue weighted by atomic mass is 9.74. The largest absolute Gasteiger partial charge is 0.353 e. The van der Waals surface area contributed by atoms with Crippen LogP contribution in [0.25, 0.3) is 0 Å². The van der Waals surface area contributed by atoms with Gasteiger partial charge in [0.1, 0.15) is 0 Å². The van der Waals surface area contributed by atoms with E-state index in [4.69, 9.17) is 0 Å². The monoisotopic (exact) mass is 436 g/mol. The third-order valence-electron chi connectivity index (χ3n) is 8.19. The van der Waals surface area contributed by atoms with Crippen molar-refractivity contribution in [3.8, 4) is 0 Å². The highest BCUT2D eigenvalue weighted by Crippen LogP contribution is 2.60. The quantitative estimate of drug-likeness (QED) is 0.587. The van der Waals surface area contributed by atoms with Gasteiger partial charge in [-0.05, 0) is 53.5 Å². The van der Waals surface area contributed by atoms with Gasteiger partial charge in [-0.15, -0.1) is 0 Å². The molecule has 168 valence electrons. The topological polar surface area (TPSA) is 32.3 Å². The minimum Gasteiger partial charge on any atom is -0.353 e. The van der Waals surface area contributed by atoms with Crippen LogP contribution in [0.1, 0.15) is 59.4 Å². The van der Waals surface area contributed by atoms with E-state index in [1.54, 1.807) is 11.1 Å². The Bertz CT molecular complexity index is 1100. The van der Waals surface area contributed by atoms with E-state index in [1.807, 2.05) is 18.2 Å². The fourth-order valence-electron chi connectivity index (χ4n) is 6.63. The minimum absolute atomic E-state index is 0.129. The zero-order valence-corrected chi connectivity index (χ0v) is 19.2. The van der Waals surface area contributed by atoms with Crippen molar-refractivity contribution in [2.24, 2.45) is 0 Å². The van der Waals surface area contributed by atoms with E-state index in [2.05, 4.69) is 70.9 Å². The van der Waals surface area contributed by atoms with Crippen molar-refractivity contribution in [3.05, 3.63) is 107 Å². The summed E-state index contributed by atoms with van der Waals surface area (Å²) in [7, 11) is 0. The highest BCUT2D eigenvalue weighted by Gasteiger charge is 2.53. The smallest absolute Gasteiger partial charge is 0.220 e. The molecule has 2 aliphatic carbocycles. The lowest BCUT2D eigenvalue weighted by molar-refractivity contribution is -0.122. The van der Waals surface area contributed by atoms with Crippen LogP contribution in [0.4, 0.5) is 0 Å². The van der Waals surface area contributed by atoms with Crippen molar-refractivity contribution in [2.45, 2.75) is 49.5 Å². The number of carbonyl (C=O) groups excluding carboxylic acids is 1. The predicted octanol–water partition coefficient (Wildman–Crippen LogP) is 5.04. The Labute approximate surface area is 196 Å². The summed E-state index contributed by atoms with van der Waals surface area (Å²) in [6.07, 6.45) is 4.68. The molecule has 1 N–H and O–H groups in total. The van der Waals surface area contributed by atoms with Crippen LogP contribution >= 0.6 is 0 Å². The molecule has 3 aromatic rings. The summed E-state index contributed by atoms with van der Waals surface area (Å²) in [5, 5.41) is 3.30. The Hall–Kier alpha value is -2.91. The van der Waals surface area contributed by atoms with Crippen molar-refractivity contribution in [3.63, 3.8) is 0 Å². The molecule has 0 saturated carbocycles. The zero-order chi connectivity index (χ0) is 22.3. The normalized spacial score (nSPS) is 23.8. The Morgan fingerprint density at radius 2 is 1.45 bits per heavy atom. The number of aryl methyl sites for hydroxylation is 1. The highest BCUT2D eigenvalue weighted by molar-refractivity contribution is 5.76. The number of piperidine rings is 1. The minimum atomic E-state index is 0.129. The van der Waals surface area contributed by atoms with E-state index in [0.717, 1.165) is 38.9 Å². The van der Waals surface area contributed by atoms with Crippen LogP contribution in [0.15, 0.2) is 78.9 Å². The van der Waals surface area contributed by atoms with Gasteiger partial charge in [0.25, 0.3) is 0 Å². The lowest BCUT2D eigenvalue weighted by Crippen LogP contribution is -2.48. The Morgan fingerprint density at radius 1 is 0.848 bits per heavy atom. The molecule has 1 aliphatic heterocycles. The Kier molecular flexibility index (Phi) is 5.30. The van der Waals surface area contributed by atoms with E-state index >= 15 is 0 Å². The van der Waals surface area contributed by atoms with E-state index in [1.165, 1.54) is 23.1 Å². The fraction of sp³-hybridized carbons (Fsp3) is 0.367. The van der Waals surface area contributed by atoms with Crippen molar-refractivity contribution < 1.29 is 4.79 Å². The highest BCUT2D eigenvalue weighted by atomic mass is 16.1. The molecule has 1 saturated heterocycles. The summed E-state index contributed by atoms with van der Waals surface area (Å²) in [6, 6.07) is 28.8. The summed E-state index contributed by atoms with van der Waals surface area (Å²) in [4.78, 5) is 15.1. The van der Waals surface area contributed by atoms with Crippen LogP contribution in [0.5, 0.6) is 0 Å². The van der Waals surface area contributed by atoms with E-state index in [0.29, 0.717) is 18.4 Å².